The molecule has 0 amide bonds. The fraction of sp³-hybridized carbons (Fsp3) is 0. The Kier molecular flexibility index (Phi) is 12.9. The number of fused-ring (bicyclic) bond motifs is 14. The number of rotatable bonds is 6. The zero-order valence-electron chi connectivity index (χ0n) is 52.5. The number of hydrogen-bond acceptors (Lipinski definition) is 7. The van der Waals surface area contributed by atoms with Crippen LogP contribution in [0.4, 0.5) is 0 Å². The van der Waals surface area contributed by atoms with Gasteiger partial charge in [0.15, 0.2) is 0 Å². The van der Waals surface area contributed by atoms with Gasteiger partial charge in [-0.3, -0.25) is 4.98 Å². The lowest BCUT2D eigenvalue weighted by atomic mass is 9.85. The van der Waals surface area contributed by atoms with Crippen molar-refractivity contribution in [1.29, 1.82) is 10.5 Å². The van der Waals surface area contributed by atoms with Crippen LogP contribution in [-0.4, -0.2) is 15.0 Å². The van der Waals surface area contributed by atoms with E-state index in [2.05, 4.69) is 248 Å². The van der Waals surface area contributed by atoms with Gasteiger partial charge in [-0.1, -0.05) is 188 Å². The first-order valence-corrected chi connectivity index (χ1v) is 32.7. The molecule has 98 heavy (non-hydrogen) atoms. The lowest BCUT2D eigenvalue weighted by Gasteiger charge is -2.23. The second-order valence-corrected chi connectivity index (χ2v) is 25.0. The minimum Gasteiger partial charge on any atom is -0.456 e. The van der Waals surface area contributed by atoms with Crippen molar-refractivity contribution in [2.75, 3.05) is 0 Å². The third kappa shape index (κ3) is 9.00. The van der Waals surface area contributed by atoms with Crippen molar-refractivity contribution < 1.29 is 9.47 Å². The number of aromatic nitrogens is 3. The van der Waals surface area contributed by atoms with Gasteiger partial charge in [0.2, 0.25) is 0 Å². The maximum absolute atomic E-state index is 9.50. The highest BCUT2D eigenvalue weighted by molar-refractivity contribution is 6.27. The van der Waals surface area contributed by atoms with Crippen LogP contribution in [0.1, 0.15) is 11.1 Å². The Labute approximate surface area is 563 Å². The second-order valence-electron chi connectivity index (χ2n) is 25.0. The predicted octanol–water partition coefficient (Wildman–Crippen LogP) is 24.1. The van der Waals surface area contributed by atoms with E-state index in [0.717, 1.165) is 117 Å². The molecule has 5 heterocycles. The molecule has 0 atom stereocenters. The van der Waals surface area contributed by atoms with E-state index in [-0.39, 0.29) is 0 Å². The normalized spacial score (nSPS) is 11.8. The van der Waals surface area contributed by atoms with Gasteiger partial charge in [0.1, 0.15) is 23.0 Å². The molecule has 452 valence electrons. The first kappa shape index (κ1) is 56.0. The summed E-state index contributed by atoms with van der Waals surface area (Å²) in [6.07, 6.45) is 3.61. The third-order valence-electron chi connectivity index (χ3n) is 19.7. The molecule has 0 aliphatic carbocycles. The fourth-order valence-corrected chi connectivity index (χ4v) is 15.3. The average Bonchev–Trinajstić information content (AvgIpc) is 0.730. The van der Waals surface area contributed by atoms with Gasteiger partial charge >= 0.3 is 0 Å². The monoisotopic (exact) mass is 1250 g/mol. The summed E-state index contributed by atoms with van der Waals surface area (Å²) >= 11 is 0. The topological polar surface area (TPSA) is 105 Å². The molecule has 0 radical (unpaired) electrons. The first-order chi connectivity index (χ1) is 48.5. The molecule has 0 unspecified atom stereocenters. The molecule has 20 rings (SSSR count). The molecule has 15 aromatic carbocycles. The highest BCUT2D eigenvalue weighted by Crippen LogP contribution is 2.53. The Morgan fingerprint density at radius 2 is 0.561 bits per heavy atom. The number of nitriles is 2. The van der Waals surface area contributed by atoms with Crippen LogP contribution >= 0.6 is 0 Å². The van der Waals surface area contributed by atoms with Crippen molar-refractivity contribution in [2.24, 2.45) is 0 Å². The number of pyridine rings is 3. The predicted molar refractivity (Wildman–Crippen MR) is 399 cm³/mol. The minimum absolute atomic E-state index is 0.584. The molecule has 0 saturated heterocycles. The highest BCUT2D eigenvalue weighted by atomic mass is 16.5. The Hall–Kier alpha value is -13.6. The summed E-state index contributed by atoms with van der Waals surface area (Å²) in [5.41, 5.74) is 18.2. The first-order valence-electron chi connectivity index (χ1n) is 32.7. The van der Waals surface area contributed by atoms with Gasteiger partial charge in [0, 0.05) is 56.5 Å². The molecule has 0 spiro atoms. The number of hydrogen-bond donors (Lipinski definition) is 0. The van der Waals surface area contributed by atoms with Crippen molar-refractivity contribution in [3.05, 3.63) is 321 Å². The molecule has 7 nitrogen and oxygen atoms in total. The summed E-state index contributed by atoms with van der Waals surface area (Å²) in [7, 11) is 0. The minimum atomic E-state index is 0.584. The van der Waals surface area contributed by atoms with E-state index in [1.54, 1.807) is 12.4 Å². The smallest absolute Gasteiger partial charge is 0.136 e. The largest absolute Gasteiger partial charge is 0.456 e. The van der Waals surface area contributed by atoms with Gasteiger partial charge in [0.05, 0.1) is 46.0 Å². The molecule has 0 fully saturated rings. The summed E-state index contributed by atoms with van der Waals surface area (Å²) in [5, 5.41) is 37.7. The SMILES string of the molecule is N#Cc1ccc2c(c1)Oc1cccc3c(-c4cc5c6ccccc6c(-c6cccc(-c7ccccc7)n6)cc5c5ccccc45)ccc-2c13.N#Cc1ccc2c(c1)Oc1cccc3c(-c4cc5c6ccccc6c(-c6cccc(-c7ccncc7)n6)cc5c5ccccc45)ccc-2c13. The van der Waals surface area contributed by atoms with Crippen LogP contribution < -0.4 is 9.47 Å². The van der Waals surface area contributed by atoms with Gasteiger partial charge < -0.3 is 9.47 Å². The molecule has 0 N–H and O–H groups in total. The third-order valence-corrected chi connectivity index (χ3v) is 19.7. The molecule has 2 aliphatic heterocycles. The fourth-order valence-electron chi connectivity index (χ4n) is 15.3. The molecular formula is C91H51N5O2. The second kappa shape index (κ2) is 22.6. The summed E-state index contributed by atoms with van der Waals surface area (Å²) in [5.74, 6) is 3.04. The zero-order chi connectivity index (χ0) is 65.0. The van der Waals surface area contributed by atoms with Gasteiger partial charge in [-0.2, -0.15) is 10.5 Å². The zero-order valence-corrected chi connectivity index (χ0v) is 52.5. The molecule has 0 bridgehead atoms. The van der Waals surface area contributed by atoms with E-state index >= 15 is 0 Å². The lowest BCUT2D eigenvalue weighted by molar-refractivity contribution is 0.486. The maximum Gasteiger partial charge on any atom is 0.136 e. The van der Waals surface area contributed by atoms with Gasteiger partial charge in [-0.25, -0.2) is 9.97 Å². The van der Waals surface area contributed by atoms with Crippen molar-refractivity contribution in [2.45, 2.75) is 0 Å². The Morgan fingerprint density at radius 3 is 0.990 bits per heavy atom. The number of benzene rings is 15. The van der Waals surface area contributed by atoms with Crippen LogP contribution in [0.15, 0.2) is 310 Å². The van der Waals surface area contributed by atoms with Crippen LogP contribution in [0.3, 0.4) is 0 Å². The van der Waals surface area contributed by atoms with E-state index < -0.39 is 0 Å². The van der Waals surface area contributed by atoms with E-state index in [4.69, 9.17) is 19.4 Å². The standard InChI is InChI=1S/C46H26N2O.C45H25N3O/c47-27-28-20-21-35-37-23-22-34(36-16-8-19-44(46(36)37)49-45(35)24-28)38-25-39-32-14-6-7-15-33(32)41(26-40(39)31-13-5-4-12-30(31)38)43-18-9-17-42(48-43)29-10-2-1-3-11-29;46-26-27-15-16-34-36-18-17-33(35-11-5-14-43(45(35)36)49-44(34)23-27)37-24-38-31-9-3-4-10-32(31)40(25-39(38)30-8-2-1-7-29(30)37)42-13-6-12-41(48-42)28-19-21-47-22-20-28/h1-26H;1-25H. The molecule has 3 aromatic heterocycles. The van der Waals surface area contributed by atoms with Crippen LogP contribution in [-0.2, 0) is 0 Å². The van der Waals surface area contributed by atoms with E-state index in [1.807, 2.05) is 66.7 Å². The van der Waals surface area contributed by atoms with Crippen LogP contribution in [0.25, 0.3) is 176 Å². The summed E-state index contributed by atoms with van der Waals surface area (Å²) in [4.78, 5) is 14.5. The molecule has 18 aromatic rings. The number of nitrogens with zero attached hydrogens (tertiary/aromatic N) is 5. The van der Waals surface area contributed by atoms with Crippen molar-refractivity contribution in [3.63, 3.8) is 0 Å². The van der Waals surface area contributed by atoms with Crippen molar-refractivity contribution in [3.8, 4) is 125 Å². The molecule has 0 saturated carbocycles. The number of ether oxygens (including phenoxy) is 2. The average molecular weight is 1250 g/mol. The Balaban J connectivity index is 0.000000137. The maximum atomic E-state index is 9.50. The molecular weight excluding hydrogens is 1200 g/mol. The quantitative estimate of drug-likeness (QED) is 0.153. The van der Waals surface area contributed by atoms with E-state index in [0.29, 0.717) is 22.6 Å². The van der Waals surface area contributed by atoms with Crippen LogP contribution in [0.5, 0.6) is 23.0 Å². The molecule has 2 aliphatic rings. The van der Waals surface area contributed by atoms with Crippen LogP contribution in [0, 0.1) is 22.7 Å². The van der Waals surface area contributed by atoms with Gasteiger partial charge in [-0.05, 0) is 218 Å². The summed E-state index contributed by atoms with van der Waals surface area (Å²) in [6, 6.07) is 108. The van der Waals surface area contributed by atoms with E-state index in [1.165, 1.54) is 70.4 Å². The summed E-state index contributed by atoms with van der Waals surface area (Å²) < 4.78 is 12.9. The molecule has 7 heteroatoms. The van der Waals surface area contributed by atoms with E-state index in [9.17, 15) is 10.5 Å². The van der Waals surface area contributed by atoms with Crippen molar-refractivity contribution in [1.82, 2.24) is 15.0 Å². The lowest BCUT2D eigenvalue weighted by Crippen LogP contribution is -1.98. The van der Waals surface area contributed by atoms with Crippen molar-refractivity contribution >= 4 is 86.2 Å². The Bertz CT molecular complexity index is 6130. The summed E-state index contributed by atoms with van der Waals surface area (Å²) in [6.45, 7) is 0. The highest BCUT2D eigenvalue weighted by Gasteiger charge is 2.27. The Morgan fingerprint density at radius 1 is 0.224 bits per heavy atom. The van der Waals surface area contributed by atoms with Crippen LogP contribution in [0.2, 0.25) is 0 Å². The van der Waals surface area contributed by atoms with Gasteiger partial charge in [-0.15, -0.1) is 0 Å². The van der Waals surface area contributed by atoms with Gasteiger partial charge in [0.25, 0.3) is 0 Å².